The van der Waals surface area contributed by atoms with Crippen molar-refractivity contribution in [2.75, 3.05) is 13.1 Å². The van der Waals surface area contributed by atoms with Gasteiger partial charge >= 0.3 is 59.0 Å². The molecule has 0 radical (unpaired) electrons. The molecule has 1 aliphatic heterocycles. The summed E-state index contributed by atoms with van der Waals surface area (Å²) in [5, 5.41) is 3.28. The van der Waals surface area contributed by atoms with Crippen LogP contribution in [-0.4, -0.2) is 13.1 Å². The molecule has 0 aromatic rings. The summed E-state index contributed by atoms with van der Waals surface area (Å²) in [4.78, 5) is 0. The minimum absolute atomic E-state index is 0.720. The van der Waals surface area contributed by atoms with Gasteiger partial charge in [0.25, 0.3) is 0 Å². The summed E-state index contributed by atoms with van der Waals surface area (Å²) >= 11 is 2.67. The molecule has 0 aromatic heterocycles. The van der Waals surface area contributed by atoms with Gasteiger partial charge in [0.15, 0.2) is 0 Å². The maximum atomic E-state index is 3.28. The molecule has 44 valence electrons. The number of nitrogens with one attached hydrogen (secondary N) is 1. The number of hydrogen-bond donors (Lipinski definition) is 1. The zero-order valence-corrected chi connectivity index (χ0v) is 6.20. The van der Waals surface area contributed by atoms with Crippen LogP contribution in [0.2, 0.25) is 4.63 Å². The van der Waals surface area contributed by atoms with Crippen molar-refractivity contribution in [1.82, 2.24) is 5.32 Å². The molecule has 0 aliphatic carbocycles. The van der Waals surface area contributed by atoms with Gasteiger partial charge in [-0.15, -0.1) is 0 Å². The first kappa shape index (κ1) is 6.41. The number of allylic oxidation sites excluding steroid dienone is 1. The van der Waals surface area contributed by atoms with Gasteiger partial charge in [-0.1, -0.05) is 0 Å². The molecule has 0 amide bonds. The van der Waals surface area contributed by atoms with Crippen LogP contribution in [-0.2, 0) is 17.4 Å². The van der Waals surface area contributed by atoms with E-state index in [0.717, 1.165) is 17.7 Å². The fourth-order valence-electron chi connectivity index (χ4n) is 0.757. The Labute approximate surface area is 59.5 Å². The predicted octanol–water partition coefficient (Wildman–Crippen LogP) is 0.871. The Morgan fingerprint density at radius 3 is 3.38 bits per heavy atom. The van der Waals surface area contributed by atoms with Crippen molar-refractivity contribution in [3.8, 4) is 0 Å². The van der Waals surface area contributed by atoms with Gasteiger partial charge in [0.1, 0.15) is 0 Å². The molecule has 8 heavy (non-hydrogen) atoms. The molecule has 1 unspecified atom stereocenters. The molecule has 1 rings (SSSR count). The molecule has 0 spiro atoms. The zero-order valence-electron chi connectivity index (χ0n) is 4.80. The molecule has 0 saturated heterocycles. The summed E-state index contributed by atoms with van der Waals surface area (Å²) in [5.41, 5.74) is 0. The van der Waals surface area contributed by atoms with Crippen LogP contribution < -0.4 is 5.32 Å². The van der Waals surface area contributed by atoms with Gasteiger partial charge < -0.3 is 0 Å². The van der Waals surface area contributed by atoms with Crippen LogP contribution in [0.3, 0.4) is 0 Å². The molecular formula is C6H10NV. The number of hydrogen-bond acceptors (Lipinski definition) is 1. The third-order valence-electron chi connectivity index (χ3n) is 1.24. The summed E-state index contributed by atoms with van der Waals surface area (Å²) in [5.74, 6) is 0. The minimum atomic E-state index is 0.720. The van der Waals surface area contributed by atoms with Gasteiger partial charge in [0.2, 0.25) is 0 Å². The van der Waals surface area contributed by atoms with E-state index in [2.05, 4.69) is 34.9 Å². The molecule has 1 aliphatic rings. The van der Waals surface area contributed by atoms with Crippen molar-refractivity contribution in [3.05, 3.63) is 12.2 Å². The van der Waals surface area contributed by atoms with E-state index in [-0.39, 0.29) is 0 Å². The van der Waals surface area contributed by atoms with Crippen LogP contribution in [0.15, 0.2) is 12.2 Å². The molecule has 0 aromatic carbocycles. The van der Waals surface area contributed by atoms with Crippen LogP contribution in [0, 0.1) is 0 Å². The molecule has 0 bridgehead atoms. The molecule has 1 N–H and O–H groups in total. The molecule has 2 heteroatoms. The second-order valence-corrected chi connectivity index (χ2v) is 3.02. The third kappa shape index (κ3) is 2.04. The Morgan fingerprint density at radius 2 is 2.50 bits per heavy atom. The van der Waals surface area contributed by atoms with Gasteiger partial charge in [-0.3, -0.25) is 0 Å². The first-order valence-corrected chi connectivity index (χ1v) is 3.75. The van der Waals surface area contributed by atoms with E-state index in [4.69, 9.17) is 0 Å². The van der Waals surface area contributed by atoms with Crippen LogP contribution >= 0.6 is 0 Å². The van der Waals surface area contributed by atoms with E-state index in [1.54, 1.807) is 0 Å². The van der Waals surface area contributed by atoms with Crippen molar-refractivity contribution in [3.63, 3.8) is 0 Å². The molecule has 1 atom stereocenters. The van der Waals surface area contributed by atoms with Gasteiger partial charge in [-0.25, -0.2) is 0 Å². The molecule has 0 fully saturated rings. The average molecular weight is 147 g/mol. The monoisotopic (exact) mass is 147 g/mol. The van der Waals surface area contributed by atoms with Gasteiger partial charge in [-0.05, 0) is 0 Å². The maximum absolute atomic E-state index is 3.28. The second kappa shape index (κ2) is 3.34. The number of rotatable bonds is 0. The topological polar surface area (TPSA) is 12.0 Å². The third-order valence-corrected chi connectivity index (χ3v) is 1.91. The Kier molecular flexibility index (Phi) is 2.67. The fraction of sp³-hybridized carbons (Fsp3) is 0.667. The van der Waals surface area contributed by atoms with Crippen molar-refractivity contribution in [2.24, 2.45) is 0 Å². The van der Waals surface area contributed by atoms with Crippen LogP contribution in [0.1, 0.15) is 6.42 Å². The van der Waals surface area contributed by atoms with Crippen molar-refractivity contribution in [1.29, 1.82) is 0 Å². The molecular weight excluding hydrogens is 137 g/mol. The van der Waals surface area contributed by atoms with E-state index >= 15 is 0 Å². The summed E-state index contributed by atoms with van der Waals surface area (Å²) in [6, 6.07) is 0. The predicted molar refractivity (Wildman–Crippen MR) is 30.4 cm³/mol. The van der Waals surface area contributed by atoms with Gasteiger partial charge in [0.05, 0.1) is 0 Å². The summed E-state index contributed by atoms with van der Waals surface area (Å²) in [6.07, 6.45) is 5.70. The summed E-state index contributed by atoms with van der Waals surface area (Å²) in [6.45, 7) is 2.21. The molecule has 1 nitrogen and oxygen atoms in total. The van der Waals surface area contributed by atoms with E-state index in [0.29, 0.717) is 0 Å². The molecule has 0 saturated carbocycles. The first-order chi connectivity index (χ1) is 3.89. The van der Waals surface area contributed by atoms with Crippen LogP contribution in [0.5, 0.6) is 0 Å². The van der Waals surface area contributed by atoms with Gasteiger partial charge in [-0.2, -0.15) is 0 Å². The Hall–Kier alpha value is 0.284. The summed E-state index contributed by atoms with van der Waals surface area (Å²) in [7, 11) is 0. The van der Waals surface area contributed by atoms with Crippen molar-refractivity contribution >= 4 is 0 Å². The normalized spacial score (nSPS) is 29.8. The van der Waals surface area contributed by atoms with Crippen molar-refractivity contribution in [2.45, 2.75) is 11.1 Å². The Balaban J connectivity index is 2.33. The average Bonchev–Trinajstić information content (AvgIpc) is 1.94. The van der Waals surface area contributed by atoms with E-state index < -0.39 is 0 Å². The van der Waals surface area contributed by atoms with E-state index in [9.17, 15) is 0 Å². The SMILES string of the molecule is [V][CH]1C=CCNCC1. The van der Waals surface area contributed by atoms with Crippen LogP contribution in [0.25, 0.3) is 0 Å². The van der Waals surface area contributed by atoms with E-state index in [1.807, 2.05) is 0 Å². The van der Waals surface area contributed by atoms with Crippen molar-refractivity contribution < 1.29 is 17.4 Å². The summed E-state index contributed by atoms with van der Waals surface area (Å²) < 4.78 is 0.720. The van der Waals surface area contributed by atoms with Crippen LogP contribution in [0.4, 0.5) is 0 Å². The standard InChI is InChI=1S/C6H10N.V/c1-2-4-6-7-5-3-1;/h1-3,7H,4-6H2;. The Morgan fingerprint density at radius 1 is 1.62 bits per heavy atom. The zero-order chi connectivity index (χ0) is 5.82. The quantitative estimate of drug-likeness (QED) is 0.501. The van der Waals surface area contributed by atoms with Gasteiger partial charge in [0, 0.05) is 0 Å². The molecule has 1 heterocycles. The second-order valence-electron chi connectivity index (χ2n) is 1.99. The first-order valence-electron chi connectivity index (χ1n) is 2.95. The fourth-order valence-corrected chi connectivity index (χ4v) is 1.15. The van der Waals surface area contributed by atoms with E-state index in [1.165, 1.54) is 6.42 Å². The Bertz CT molecular complexity index is 90.5.